The summed E-state index contributed by atoms with van der Waals surface area (Å²) in [7, 11) is 0. The molecule has 0 bridgehead atoms. The molecule has 16 heavy (non-hydrogen) atoms. The van der Waals surface area contributed by atoms with Gasteiger partial charge in [0.25, 0.3) is 0 Å². The van der Waals surface area contributed by atoms with Crippen molar-refractivity contribution in [1.29, 1.82) is 0 Å². The van der Waals surface area contributed by atoms with E-state index in [9.17, 15) is 13.6 Å². The topological polar surface area (TPSA) is 72.6 Å². The number of halogens is 2. The minimum Gasteiger partial charge on any atom is -0.435 e. The molecule has 0 aliphatic carbocycles. The van der Waals surface area contributed by atoms with Crippen LogP contribution in [0.25, 0.3) is 0 Å². The number of amides is 1. The fourth-order valence-electron chi connectivity index (χ4n) is 1.20. The van der Waals surface area contributed by atoms with E-state index in [4.69, 9.17) is 10.8 Å². The molecule has 0 atom stereocenters. The van der Waals surface area contributed by atoms with E-state index in [0.29, 0.717) is 5.56 Å². The third-order valence-corrected chi connectivity index (χ3v) is 1.83. The average molecular weight is 230 g/mol. The maximum absolute atomic E-state index is 11.9. The van der Waals surface area contributed by atoms with E-state index in [1.807, 2.05) is 0 Å². The molecule has 1 amide bonds. The molecule has 1 radical (unpaired) electrons. The molecule has 0 fully saturated rings. The van der Waals surface area contributed by atoms with Crippen molar-refractivity contribution in [1.82, 2.24) is 0 Å². The van der Waals surface area contributed by atoms with E-state index in [1.54, 1.807) is 0 Å². The first-order chi connectivity index (χ1) is 7.54. The molecule has 0 aliphatic rings. The Balaban J connectivity index is 3.02. The Morgan fingerprint density at radius 2 is 2.25 bits per heavy atom. The first-order valence-corrected chi connectivity index (χ1v) is 4.37. The van der Waals surface area contributed by atoms with Crippen molar-refractivity contribution >= 4 is 5.91 Å². The summed E-state index contributed by atoms with van der Waals surface area (Å²) in [5.41, 5.74) is 5.45. The van der Waals surface area contributed by atoms with E-state index in [-0.39, 0.29) is 17.9 Å². The highest BCUT2D eigenvalue weighted by atomic mass is 19.3. The van der Waals surface area contributed by atoms with Gasteiger partial charge in [0.15, 0.2) is 0 Å². The lowest BCUT2D eigenvalue weighted by molar-refractivity contribution is -0.0498. The summed E-state index contributed by atoms with van der Waals surface area (Å²) in [5.74, 6) is -0.932. The molecule has 0 unspecified atom stereocenters. The van der Waals surface area contributed by atoms with E-state index < -0.39 is 12.5 Å². The van der Waals surface area contributed by atoms with Gasteiger partial charge >= 0.3 is 6.61 Å². The number of aliphatic hydroxyl groups excluding tert-OH is 1. The molecule has 3 N–H and O–H groups in total. The highest BCUT2D eigenvalue weighted by Crippen LogP contribution is 2.20. The molecule has 4 nitrogen and oxygen atoms in total. The van der Waals surface area contributed by atoms with Gasteiger partial charge in [0.05, 0.1) is 6.61 Å². The van der Waals surface area contributed by atoms with Gasteiger partial charge in [0.1, 0.15) is 5.75 Å². The van der Waals surface area contributed by atoms with Gasteiger partial charge in [-0.15, -0.1) is 0 Å². The van der Waals surface area contributed by atoms with Crippen LogP contribution in [0, 0.1) is 6.42 Å². The van der Waals surface area contributed by atoms with Crippen LogP contribution in [0.15, 0.2) is 18.2 Å². The van der Waals surface area contributed by atoms with Crippen LogP contribution >= 0.6 is 0 Å². The number of hydrogen-bond donors (Lipinski definition) is 2. The van der Waals surface area contributed by atoms with E-state index in [1.165, 1.54) is 18.6 Å². The maximum atomic E-state index is 11.9. The van der Waals surface area contributed by atoms with Gasteiger partial charge in [-0.3, -0.25) is 4.79 Å². The second-order valence-electron chi connectivity index (χ2n) is 2.88. The molecular formula is C10H10F2NO3. The van der Waals surface area contributed by atoms with Gasteiger partial charge in [-0.2, -0.15) is 8.78 Å². The van der Waals surface area contributed by atoms with Crippen LogP contribution in [0.4, 0.5) is 8.78 Å². The molecule has 0 saturated heterocycles. The molecule has 0 aliphatic heterocycles. The van der Waals surface area contributed by atoms with Gasteiger partial charge in [-0.05, 0) is 17.7 Å². The Labute approximate surface area is 90.6 Å². The molecule has 0 heterocycles. The van der Waals surface area contributed by atoms with Crippen LogP contribution in [0.2, 0.25) is 0 Å². The summed E-state index contributed by atoms with van der Waals surface area (Å²) < 4.78 is 28.0. The van der Waals surface area contributed by atoms with Crippen LogP contribution in [-0.2, 0) is 0 Å². The first kappa shape index (κ1) is 12.4. The molecule has 1 rings (SSSR count). The number of ether oxygens (including phenoxy) is 1. The molecular weight excluding hydrogens is 220 g/mol. The number of hydrogen-bond acceptors (Lipinski definition) is 3. The molecule has 0 saturated carbocycles. The maximum Gasteiger partial charge on any atom is 0.387 e. The summed E-state index contributed by atoms with van der Waals surface area (Å²) in [6, 6.07) is 3.74. The lowest BCUT2D eigenvalue weighted by Gasteiger charge is -2.09. The monoisotopic (exact) mass is 230 g/mol. The fraction of sp³-hybridized carbons (Fsp3) is 0.200. The largest absolute Gasteiger partial charge is 0.435 e. The molecule has 87 valence electrons. The van der Waals surface area contributed by atoms with Crippen molar-refractivity contribution in [2.45, 2.75) is 6.61 Å². The summed E-state index contributed by atoms with van der Waals surface area (Å²) in [6.07, 6.45) is 1.34. The van der Waals surface area contributed by atoms with Crippen LogP contribution in [0.5, 0.6) is 5.75 Å². The first-order valence-electron chi connectivity index (χ1n) is 4.37. The van der Waals surface area contributed by atoms with Gasteiger partial charge in [0.2, 0.25) is 5.91 Å². The van der Waals surface area contributed by atoms with Gasteiger partial charge < -0.3 is 15.6 Å². The summed E-state index contributed by atoms with van der Waals surface area (Å²) >= 11 is 0. The Bertz CT molecular complexity index is 382. The van der Waals surface area contributed by atoms with E-state index in [2.05, 4.69) is 4.74 Å². The quantitative estimate of drug-likeness (QED) is 0.790. The van der Waals surface area contributed by atoms with Crippen molar-refractivity contribution in [3.63, 3.8) is 0 Å². The molecule has 0 spiro atoms. The lowest BCUT2D eigenvalue weighted by atomic mass is 10.0. The Morgan fingerprint density at radius 3 is 2.75 bits per heavy atom. The zero-order valence-electron chi connectivity index (χ0n) is 8.19. The second-order valence-corrected chi connectivity index (χ2v) is 2.88. The average Bonchev–Trinajstić information content (AvgIpc) is 2.19. The molecule has 1 aromatic carbocycles. The Kier molecular flexibility index (Phi) is 4.19. The van der Waals surface area contributed by atoms with Gasteiger partial charge in [-0.1, -0.05) is 6.07 Å². The second kappa shape index (κ2) is 5.41. The van der Waals surface area contributed by atoms with Crippen LogP contribution in [-0.4, -0.2) is 24.2 Å². The van der Waals surface area contributed by atoms with Crippen LogP contribution in [0.3, 0.4) is 0 Å². The third kappa shape index (κ3) is 3.16. The van der Waals surface area contributed by atoms with Crippen molar-refractivity contribution in [3.8, 4) is 5.75 Å². The zero-order chi connectivity index (χ0) is 12.1. The van der Waals surface area contributed by atoms with Crippen molar-refractivity contribution in [2.75, 3.05) is 6.61 Å². The number of benzene rings is 1. The Hall–Kier alpha value is -1.69. The van der Waals surface area contributed by atoms with Crippen molar-refractivity contribution in [2.24, 2.45) is 5.73 Å². The number of nitrogens with two attached hydrogens (primary N) is 1. The predicted octanol–water partition coefficient (Wildman–Crippen LogP) is 0.932. The molecule has 1 aromatic rings. The highest BCUT2D eigenvalue weighted by Gasteiger charge is 2.11. The predicted molar refractivity (Wildman–Crippen MR) is 52.1 cm³/mol. The smallest absolute Gasteiger partial charge is 0.387 e. The number of carbonyl (C=O) groups excluding carboxylic acids is 1. The number of carbonyl (C=O) groups is 1. The van der Waals surface area contributed by atoms with E-state index in [0.717, 1.165) is 6.07 Å². The minimum atomic E-state index is -2.96. The number of aliphatic hydroxyl groups is 1. The SMILES string of the molecule is NC(=O)c1cc(OC(F)F)ccc1[CH]CO. The summed E-state index contributed by atoms with van der Waals surface area (Å²) in [5, 5.41) is 8.68. The number of primary amides is 1. The minimum absolute atomic E-state index is 0.0206. The van der Waals surface area contributed by atoms with Crippen LogP contribution in [0.1, 0.15) is 15.9 Å². The summed E-state index contributed by atoms with van der Waals surface area (Å²) in [4.78, 5) is 11.0. The lowest BCUT2D eigenvalue weighted by Crippen LogP contribution is -2.14. The molecule has 0 aromatic heterocycles. The number of alkyl halides is 2. The zero-order valence-corrected chi connectivity index (χ0v) is 8.19. The van der Waals surface area contributed by atoms with Crippen molar-refractivity contribution in [3.05, 3.63) is 35.7 Å². The third-order valence-electron chi connectivity index (χ3n) is 1.83. The van der Waals surface area contributed by atoms with Gasteiger partial charge in [0, 0.05) is 12.0 Å². The summed E-state index contributed by atoms with van der Waals surface area (Å²) in [6.45, 7) is -3.25. The van der Waals surface area contributed by atoms with Crippen molar-refractivity contribution < 1.29 is 23.4 Å². The standard InChI is InChI=1S/C10H10F2NO3/c11-10(12)16-7-2-1-6(3-4-14)8(5-7)9(13)15/h1-3,5,10,14H,4H2,(H2,13,15). The Morgan fingerprint density at radius 1 is 1.56 bits per heavy atom. The number of rotatable bonds is 5. The molecule has 6 heteroatoms. The fourth-order valence-corrected chi connectivity index (χ4v) is 1.20. The normalized spacial score (nSPS) is 10.5. The highest BCUT2D eigenvalue weighted by molar-refractivity contribution is 5.95. The van der Waals surface area contributed by atoms with E-state index >= 15 is 0 Å². The van der Waals surface area contributed by atoms with Crippen LogP contribution < -0.4 is 10.5 Å². The van der Waals surface area contributed by atoms with Gasteiger partial charge in [-0.25, -0.2) is 0 Å².